The molecule has 0 aromatic carbocycles. The van der Waals surface area contributed by atoms with Gasteiger partial charge in [0.2, 0.25) is 0 Å². The van der Waals surface area contributed by atoms with Crippen LogP contribution >= 0.6 is 0 Å². The predicted molar refractivity (Wildman–Crippen MR) is 53.0 cm³/mol. The van der Waals surface area contributed by atoms with Gasteiger partial charge >= 0.3 is 0 Å². The van der Waals surface area contributed by atoms with Crippen molar-refractivity contribution in [1.82, 2.24) is 14.5 Å². The van der Waals surface area contributed by atoms with E-state index in [1.54, 1.807) is 17.0 Å². The Kier molecular flexibility index (Phi) is 2.52. The maximum Gasteiger partial charge on any atom is 0.289 e. The molecular weight excluding hydrogens is 178 g/mol. The van der Waals surface area contributed by atoms with Crippen LogP contribution in [0.3, 0.4) is 0 Å². The number of piperidine rings is 1. The fraction of sp³-hybridized carbons (Fsp3) is 0.600. The first kappa shape index (κ1) is 9.24. The van der Waals surface area contributed by atoms with E-state index < -0.39 is 0 Å². The molecule has 2 rings (SSSR count). The molecule has 4 heteroatoms. The van der Waals surface area contributed by atoms with E-state index in [4.69, 9.17) is 0 Å². The number of carbonyl (C=O) groups is 1. The van der Waals surface area contributed by atoms with Crippen LogP contribution in [0.5, 0.6) is 0 Å². The number of likely N-dealkylation sites (tertiary alicyclic amines) is 1. The van der Waals surface area contributed by atoms with Crippen LogP contribution in [0.15, 0.2) is 12.4 Å². The molecule has 1 aliphatic heterocycles. The number of nitrogens with zero attached hydrogens (tertiary/aromatic N) is 3. The molecule has 1 saturated heterocycles. The van der Waals surface area contributed by atoms with Gasteiger partial charge in [-0.25, -0.2) is 4.98 Å². The summed E-state index contributed by atoms with van der Waals surface area (Å²) in [7, 11) is 1.85. The van der Waals surface area contributed by atoms with Gasteiger partial charge in [-0.1, -0.05) is 0 Å². The lowest BCUT2D eigenvalue weighted by Crippen LogP contribution is -2.36. The van der Waals surface area contributed by atoms with Gasteiger partial charge in [0.25, 0.3) is 5.91 Å². The van der Waals surface area contributed by atoms with Crippen LogP contribution in [0.25, 0.3) is 0 Å². The highest BCUT2D eigenvalue weighted by Gasteiger charge is 2.20. The Morgan fingerprint density at radius 1 is 1.36 bits per heavy atom. The lowest BCUT2D eigenvalue weighted by atomic mass is 10.1. The van der Waals surface area contributed by atoms with Gasteiger partial charge in [0, 0.05) is 32.5 Å². The molecule has 1 aromatic heterocycles. The van der Waals surface area contributed by atoms with Gasteiger partial charge in [0.05, 0.1) is 0 Å². The van der Waals surface area contributed by atoms with Crippen molar-refractivity contribution < 1.29 is 4.79 Å². The number of carbonyl (C=O) groups excluding carboxylic acids is 1. The van der Waals surface area contributed by atoms with Gasteiger partial charge in [-0.15, -0.1) is 0 Å². The monoisotopic (exact) mass is 193 g/mol. The fourth-order valence-electron chi connectivity index (χ4n) is 1.81. The fourth-order valence-corrected chi connectivity index (χ4v) is 1.81. The van der Waals surface area contributed by atoms with Crippen LogP contribution in [0.1, 0.15) is 29.9 Å². The molecule has 1 aliphatic rings. The summed E-state index contributed by atoms with van der Waals surface area (Å²) >= 11 is 0. The zero-order valence-electron chi connectivity index (χ0n) is 8.44. The van der Waals surface area contributed by atoms with Crippen LogP contribution in [0.4, 0.5) is 0 Å². The van der Waals surface area contributed by atoms with Crippen LogP contribution in [0, 0.1) is 0 Å². The molecule has 2 heterocycles. The van der Waals surface area contributed by atoms with Crippen molar-refractivity contribution in [3.05, 3.63) is 18.2 Å². The molecule has 0 bridgehead atoms. The van der Waals surface area contributed by atoms with Crippen LogP contribution in [-0.4, -0.2) is 33.4 Å². The van der Waals surface area contributed by atoms with Crippen molar-refractivity contribution in [3.63, 3.8) is 0 Å². The topological polar surface area (TPSA) is 38.1 Å². The normalized spacial score (nSPS) is 17.1. The Hall–Kier alpha value is -1.32. The summed E-state index contributed by atoms with van der Waals surface area (Å²) in [5.41, 5.74) is 0. The summed E-state index contributed by atoms with van der Waals surface area (Å²) in [6, 6.07) is 0. The number of amides is 1. The minimum absolute atomic E-state index is 0.0669. The van der Waals surface area contributed by atoms with Crippen molar-refractivity contribution in [2.75, 3.05) is 13.1 Å². The van der Waals surface area contributed by atoms with Gasteiger partial charge in [-0.3, -0.25) is 4.79 Å². The van der Waals surface area contributed by atoms with Crippen molar-refractivity contribution in [2.24, 2.45) is 7.05 Å². The second-order valence-corrected chi connectivity index (χ2v) is 3.71. The third kappa shape index (κ3) is 1.64. The Morgan fingerprint density at radius 3 is 2.64 bits per heavy atom. The summed E-state index contributed by atoms with van der Waals surface area (Å²) in [4.78, 5) is 17.9. The molecule has 0 atom stereocenters. The maximum atomic E-state index is 11.9. The van der Waals surface area contributed by atoms with E-state index in [1.807, 2.05) is 11.9 Å². The molecule has 14 heavy (non-hydrogen) atoms. The van der Waals surface area contributed by atoms with E-state index in [1.165, 1.54) is 6.42 Å². The largest absolute Gasteiger partial charge is 0.336 e. The quantitative estimate of drug-likeness (QED) is 0.668. The summed E-state index contributed by atoms with van der Waals surface area (Å²) in [5.74, 6) is 0.615. The molecule has 76 valence electrons. The van der Waals surface area contributed by atoms with E-state index >= 15 is 0 Å². The Labute approximate surface area is 83.5 Å². The molecule has 0 spiro atoms. The summed E-state index contributed by atoms with van der Waals surface area (Å²) in [5, 5.41) is 0. The Balaban J connectivity index is 2.11. The van der Waals surface area contributed by atoms with Gasteiger partial charge in [-0.05, 0) is 19.3 Å². The maximum absolute atomic E-state index is 11.9. The molecule has 0 unspecified atom stereocenters. The lowest BCUT2D eigenvalue weighted by molar-refractivity contribution is 0.0708. The summed E-state index contributed by atoms with van der Waals surface area (Å²) < 4.78 is 1.77. The molecule has 1 aromatic rings. The zero-order valence-corrected chi connectivity index (χ0v) is 8.44. The molecule has 0 N–H and O–H groups in total. The SMILES string of the molecule is Cn1ccnc1C(=O)N1CCCCC1. The highest BCUT2D eigenvalue weighted by molar-refractivity contribution is 5.90. The summed E-state index contributed by atoms with van der Waals surface area (Å²) in [6.07, 6.45) is 6.95. The number of aromatic nitrogens is 2. The van der Waals surface area contributed by atoms with Crippen molar-refractivity contribution in [1.29, 1.82) is 0 Å². The van der Waals surface area contributed by atoms with E-state index in [2.05, 4.69) is 4.98 Å². The molecular formula is C10H15N3O. The molecule has 1 fully saturated rings. The van der Waals surface area contributed by atoms with Crippen LogP contribution in [0.2, 0.25) is 0 Å². The Morgan fingerprint density at radius 2 is 2.07 bits per heavy atom. The summed E-state index contributed by atoms with van der Waals surface area (Å²) in [6.45, 7) is 1.76. The van der Waals surface area contributed by atoms with Gasteiger partial charge < -0.3 is 9.47 Å². The number of hydrogen-bond acceptors (Lipinski definition) is 2. The molecule has 0 aliphatic carbocycles. The second-order valence-electron chi connectivity index (χ2n) is 3.71. The molecule has 0 saturated carbocycles. The van der Waals surface area contributed by atoms with Crippen LogP contribution < -0.4 is 0 Å². The highest BCUT2D eigenvalue weighted by atomic mass is 16.2. The van der Waals surface area contributed by atoms with Gasteiger partial charge in [0.1, 0.15) is 0 Å². The van der Waals surface area contributed by atoms with E-state index in [0.29, 0.717) is 5.82 Å². The first-order valence-electron chi connectivity index (χ1n) is 5.05. The number of imidazole rings is 1. The van der Waals surface area contributed by atoms with Crippen molar-refractivity contribution in [3.8, 4) is 0 Å². The lowest BCUT2D eigenvalue weighted by Gasteiger charge is -2.26. The Bertz CT molecular complexity index is 326. The molecule has 1 amide bonds. The van der Waals surface area contributed by atoms with Crippen LogP contribution in [-0.2, 0) is 7.05 Å². The van der Waals surface area contributed by atoms with E-state index in [9.17, 15) is 4.79 Å². The minimum Gasteiger partial charge on any atom is -0.336 e. The van der Waals surface area contributed by atoms with Gasteiger partial charge in [-0.2, -0.15) is 0 Å². The number of rotatable bonds is 1. The average molecular weight is 193 g/mol. The van der Waals surface area contributed by atoms with E-state index in [0.717, 1.165) is 25.9 Å². The standard InChI is InChI=1S/C10H15N3O/c1-12-8-5-11-9(12)10(14)13-6-3-2-4-7-13/h5,8H,2-4,6-7H2,1H3. The van der Waals surface area contributed by atoms with Crippen molar-refractivity contribution in [2.45, 2.75) is 19.3 Å². The smallest absolute Gasteiger partial charge is 0.289 e. The highest BCUT2D eigenvalue weighted by Crippen LogP contribution is 2.11. The predicted octanol–water partition coefficient (Wildman–Crippen LogP) is 1.05. The molecule has 0 radical (unpaired) electrons. The zero-order chi connectivity index (χ0) is 9.97. The van der Waals surface area contributed by atoms with E-state index in [-0.39, 0.29) is 5.91 Å². The first-order chi connectivity index (χ1) is 6.79. The van der Waals surface area contributed by atoms with Crippen molar-refractivity contribution >= 4 is 5.91 Å². The second kappa shape index (κ2) is 3.82. The first-order valence-corrected chi connectivity index (χ1v) is 5.05. The average Bonchev–Trinajstić information content (AvgIpc) is 2.65. The van der Waals surface area contributed by atoms with Gasteiger partial charge in [0.15, 0.2) is 5.82 Å². The minimum atomic E-state index is 0.0669. The third-order valence-electron chi connectivity index (χ3n) is 2.66. The molecule has 4 nitrogen and oxygen atoms in total. The number of aryl methyl sites for hydroxylation is 1. The third-order valence-corrected chi connectivity index (χ3v) is 2.66. The number of hydrogen-bond donors (Lipinski definition) is 0.